The van der Waals surface area contributed by atoms with Crippen LogP contribution in [0.2, 0.25) is 0 Å². The highest BCUT2D eigenvalue weighted by molar-refractivity contribution is 9.10. The number of nitrogens with zero attached hydrogens (tertiary/aromatic N) is 3. The molecule has 9 heteroatoms. The summed E-state index contributed by atoms with van der Waals surface area (Å²) in [5.41, 5.74) is 1.55. The van der Waals surface area contributed by atoms with Gasteiger partial charge in [-0.15, -0.1) is 11.8 Å². The predicted molar refractivity (Wildman–Crippen MR) is 113 cm³/mol. The Morgan fingerprint density at radius 2 is 2.03 bits per heavy atom. The number of nitrogens with one attached hydrogen (secondary N) is 1. The van der Waals surface area contributed by atoms with E-state index in [1.165, 1.54) is 11.8 Å². The van der Waals surface area contributed by atoms with Gasteiger partial charge in [0.2, 0.25) is 0 Å². The molecule has 0 fully saturated rings. The van der Waals surface area contributed by atoms with Crippen LogP contribution in [0.4, 0.5) is 19.0 Å². The zero-order valence-electron chi connectivity index (χ0n) is 15.7. The molecule has 4 nitrogen and oxygen atoms in total. The molecule has 0 aliphatic carbocycles. The van der Waals surface area contributed by atoms with Gasteiger partial charge in [0.25, 0.3) is 0 Å². The monoisotopic (exact) mass is 482 g/mol. The number of pyridine rings is 1. The molecular weight excluding hydrogens is 465 g/mol. The predicted octanol–water partition coefficient (Wildman–Crippen LogP) is 5.90. The summed E-state index contributed by atoms with van der Waals surface area (Å²) >= 11 is 4.67. The van der Waals surface area contributed by atoms with E-state index in [2.05, 4.69) is 31.3 Å². The lowest BCUT2D eigenvalue weighted by Gasteiger charge is -2.21. The van der Waals surface area contributed by atoms with Crippen molar-refractivity contribution in [2.75, 3.05) is 11.1 Å². The second kappa shape index (κ2) is 7.68. The minimum Gasteiger partial charge on any atom is -0.367 e. The molecule has 1 aliphatic rings. The van der Waals surface area contributed by atoms with Crippen molar-refractivity contribution in [2.24, 2.45) is 7.05 Å². The molecule has 2 aromatic heterocycles. The number of thioether (sulfide) groups is 1. The lowest BCUT2D eigenvalue weighted by atomic mass is 9.97. The summed E-state index contributed by atoms with van der Waals surface area (Å²) in [5, 5.41) is 7.49. The van der Waals surface area contributed by atoms with Crippen LogP contribution >= 0.6 is 27.7 Å². The summed E-state index contributed by atoms with van der Waals surface area (Å²) in [7, 11) is 1.80. The fourth-order valence-corrected chi connectivity index (χ4v) is 5.20. The summed E-state index contributed by atoms with van der Waals surface area (Å²) in [4.78, 5) is 4.39. The molecule has 0 bridgehead atoms. The van der Waals surface area contributed by atoms with Crippen LogP contribution in [0.1, 0.15) is 28.9 Å². The molecule has 0 spiro atoms. The zero-order chi connectivity index (χ0) is 20.8. The Bertz CT molecular complexity index is 1040. The topological polar surface area (TPSA) is 42.7 Å². The Morgan fingerprint density at radius 1 is 1.24 bits per heavy atom. The number of benzene rings is 1. The average molecular weight is 483 g/mol. The van der Waals surface area contributed by atoms with Crippen molar-refractivity contribution in [3.63, 3.8) is 0 Å². The molecule has 0 saturated carbocycles. The molecule has 1 aliphatic heterocycles. The summed E-state index contributed by atoms with van der Waals surface area (Å²) in [6.07, 6.45) is -2.80. The van der Waals surface area contributed by atoms with E-state index in [0.717, 1.165) is 17.4 Å². The number of aryl methyl sites for hydroxylation is 1. The maximum absolute atomic E-state index is 13.9. The van der Waals surface area contributed by atoms with Gasteiger partial charge in [-0.25, -0.2) is 0 Å². The van der Waals surface area contributed by atoms with Crippen LogP contribution in [0.3, 0.4) is 0 Å². The van der Waals surface area contributed by atoms with Gasteiger partial charge in [0.15, 0.2) is 0 Å². The quantitative estimate of drug-likeness (QED) is 0.493. The van der Waals surface area contributed by atoms with Crippen LogP contribution in [0.5, 0.6) is 0 Å². The Balaban J connectivity index is 1.97. The van der Waals surface area contributed by atoms with Crippen molar-refractivity contribution in [1.29, 1.82) is 0 Å². The molecule has 1 N–H and O–H groups in total. The van der Waals surface area contributed by atoms with Crippen molar-refractivity contribution < 1.29 is 13.2 Å². The van der Waals surface area contributed by atoms with Gasteiger partial charge < -0.3 is 5.32 Å². The van der Waals surface area contributed by atoms with Crippen LogP contribution in [0.25, 0.3) is 11.4 Å². The van der Waals surface area contributed by atoms with Crippen molar-refractivity contribution in [3.05, 3.63) is 63.8 Å². The highest BCUT2D eigenvalue weighted by atomic mass is 79.9. The molecule has 2 atom stereocenters. The molecule has 0 saturated heterocycles. The fraction of sp³-hybridized carbons (Fsp3) is 0.300. The van der Waals surface area contributed by atoms with E-state index < -0.39 is 17.0 Å². The van der Waals surface area contributed by atoms with Crippen LogP contribution in [-0.2, 0) is 13.2 Å². The number of halogens is 4. The van der Waals surface area contributed by atoms with Crippen LogP contribution < -0.4 is 5.32 Å². The molecule has 0 amide bonds. The Morgan fingerprint density at radius 3 is 2.72 bits per heavy atom. The first-order chi connectivity index (χ1) is 13.8. The summed E-state index contributed by atoms with van der Waals surface area (Å²) in [6, 6.07) is 9.91. The largest absolute Gasteiger partial charge is 0.416 e. The molecule has 2 unspecified atom stereocenters. The Kier molecular flexibility index (Phi) is 5.37. The highest BCUT2D eigenvalue weighted by Crippen LogP contribution is 2.49. The molecule has 4 rings (SSSR count). The fourth-order valence-electron chi connectivity index (χ4n) is 3.50. The summed E-state index contributed by atoms with van der Waals surface area (Å²) < 4.78 is 43.8. The minimum atomic E-state index is -4.46. The number of aromatic nitrogens is 3. The van der Waals surface area contributed by atoms with Gasteiger partial charge in [0.05, 0.1) is 16.5 Å². The number of hydrogen-bond acceptors (Lipinski definition) is 4. The Labute approximate surface area is 179 Å². The van der Waals surface area contributed by atoms with Gasteiger partial charge in [-0.05, 0) is 36.8 Å². The van der Waals surface area contributed by atoms with Crippen molar-refractivity contribution >= 4 is 33.5 Å². The third-order valence-corrected chi connectivity index (χ3v) is 6.76. The van der Waals surface area contributed by atoms with Gasteiger partial charge in [0, 0.05) is 35.1 Å². The smallest absolute Gasteiger partial charge is 0.367 e. The number of anilines is 1. The SMILES string of the molecule is CC1CSC(c2ccc(Br)cc2C(F)(F)F)c2c(-c3ccccn3)nn(C)c2N1. The van der Waals surface area contributed by atoms with Crippen LogP contribution in [-0.4, -0.2) is 26.6 Å². The van der Waals surface area contributed by atoms with Gasteiger partial charge in [-0.1, -0.05) is 28.1 Å². The maximum atomic E-state index is 13.9. The van der Waals surface area contributed by atoms with Gasteiger partial charge in [-0.2, -0.15) is 18.3 Å². The number of fused-ring (bicyclic) bond motifs is 1. The third kappa shape index (κ3) is 3.90. The Hall–Kier alpha value is -2.00. The number of rotatable bonds is 2. The molecular formula is C20H18BrF3N4S. The maximum Gasteiger partial charge on any atom is 0.416 e. The van der Waals surface area contributed by atoms with E-state index in [1.54, 1.807) is 36.1 Å². The standard InChI is InChI=1S/C20H18BrF3N4S/c1-11-10-29-18(13-7-6-12(21)9-14(13)20(22,23)24)16-17(15-5-3-4-8-25-15)27-28(2)19(16)26-11/h3-9,11,18,26H,10H2,1-2H3. The van der Waals surface area contributed by atoms with Gasteiger partial charge >= 0.3 is 6.18 Å². The molecule has 0 radical (unpaired) electrons. The molecule has 1 aromatic carbocycles. The number of hydrogen-bond donors (Lipinski definition) is 1. The van der Waals surface area contributed by atoms with E-state index in [-0.39, 0.29) is 11.6 Å². The lowest BCUT2D eigenvalue weighted by Crippen LogP contribution is -2.18. The average Bonchev–Trinajstić information content (AvgIpc) is 2.88. The molecule has 3 aromatic rings. The molecule has 152 valence electrons. The first-order valence-corrected chi connectivity index (χ1v) is 10.8. The van der Waals surface area contributed by atoms with Crippen molar-refractivity contribution in [3.8, 4) is 11.4 Å². The van der Waals surface area contributed by atoms with E-state index in [9.17, 15) is 13.2 Å². The van der Waals surface area contributed by atoms with Crippen LogP contribution in [0.15, 0.2) is 47.1 Å². The second-order valence-corrected chi connectivity index (χ2v) is 8.99. The van der Waals surface area contributed by atoms with Gasteiger partial charge in [0.1, 0.15) is 11.5 Å². The normalized spacial score (nSPS) is 19.4. The minimum absolute atomic E-state index is 0.0838. The summed E-state index contributed by atoms with van der Waals surface area (Å²) in [6.45, 7) is 2.01. The summed E-state index contributed by atoms with van der Waals surface area (Å²) in [5.74, 6) is 1.39. The third-order valence-electron chi connectivity index (χ3n) is 4.75. The first kappa shape index (κ1) is 20.3. The molecule has 3 heterocycles. The molecule has 29 heavy (non-hydrogen) atoms. The number of alkyl halides is 3. The van der Waals surface area contributed by atoms with E-state index in [1.807, 2.05) is 19.1 Å². The van der Waals surface area contributed by atoms with Crippen LogP contribution in [0, 0.1) is 0 Å². The van der Waals surface area contributed by atoms with Crippen molar-refractivity contribution in [1.82, 2.24) is 14.8 Å². The highest BCUT2D eigenvalue weighted by Gasteiger charge is 2.39. The van der Waals surface area contributed by atoms with Crippen molar-refractivity contribution in [2.45, 2.75) is 24.4 Å². The van der Waals surface area contributed by atoms with E-state index in [0.29, 0.717) is 21.6 Å². The second-order valence-electron chi connectivity index (χ2n) is 6.94. The lowest BCUT2D eigenvalue weighted by molar-refractivity contribution is -0.138. The zero-order valence-corrected chi connectivity index (χ0v) is 18.1. The van der Waals surface area contributed by atoms with E-state index in [4.69, 9.17) is 0 Å². The van der Waals surface area contributed by atoms with E-state index >= 15 is 0 Å². The van der Waals surface area contributed by atoms with Gasteiger partial charge in [-0.3, -0.25) is 9.67 Å². The first-order valence-electron chi connectivity index (χ1n) is 8.98.